The van der Waals surface area contributed by atoms with Crippen molar-refractivity contribution in [2.24, 2.45) is 23.5 Å². The van der Waals surface area contributed by atoms with Gasteiger partial charge in [0, 0.05) is 12.0 Å². The van der Waals surface area contributed by atoms with Gasteiger partial charge in [-0.1, -0.05) is 25.7 Å². The standard InChI is InChI=1S/C15H25F3N2O/c16-15(17,18)12-7-3-2-6-11(12)14(21)20-13-8-4-1-5-10(13)9-19/h10-13H,1-9,19H2,(H,20,21). The molecule has 2 fully saturated rings. The van der Waals surface area contributed by atoms with Crippen molar-refractivity contribution in [3.8, 4) is 0 Å². The van der Waals surface area contributed by atoms with E-state index in [4.69, 9.17) is 5.73 Å². The molecule has 4 atom stereocenters. The number of carbonyl (C=O) groups excluding carboxylic acids is 1. The van der Waals surface area contributed by atoms with Crippen LogP contribution in [0.5, 0.6) is 0 Å². The van der Waals surface area contributed by atoms with Gasteiger partial charge in [0.25, 0.3) is 0 Å². The molecule has 0 aromatic carbocycles. The summed E-state index contributed by atoms with van der Waals surface area (Å²) in [6, 6.07) is -0.0490. The van der Waals surface area contributed by atoms with Crippen LogP contribution in [0.4, 0.5) is 13.2 Å². The fourth-order valence-electron chi connectivity index (χ4n) is 3.81. The molecule has 21 heavy (non-hydrogen) atoms. The summed E-state index contributed by atoms with van der Waals surface area (Å²) in [5.41, 5.74) is 5.71. The van der Waals surface area contributed by atoms with Gasteiger partial charge in [-0.25, -0.2) is 0 Å². The molecule has 0 radical (unpaired) electrons. The van der Waals surface area contributed by atoms with Crippen molar-refractivity contribution >= 4 is 5.91 Å². The largest absolute Gasteiger partial charge is 0.392 e. The summed E-state index contributed by atoms with van der Waals surface area (Å²) in [5, 5.41) is 2.87. The minimum absolute atomic E-state index is 0.0490. The number of hydrogen-bond donors (Lipinski definition) is 2. The molecule has 0 aromatic rings. The Bertz CT molecular complexity index is 359. The molecule has 2 rings (SSSR count). The number of hydrogen-bond acceptors (Lipinski definition) is 2. The molecule has 2 saturated carbocycles. The Morgan fingerprint density at radius 3 is 2.33 bits per heavy atom. The monoisotopic (exact) mass is 306 g/mol. The van der Waals surface area contributed by atoms with Crippen molar-refractivity contribution in [1.29, 1.82) is 0 Å². The minimum Gasteiger partial charge on any atom is -0.353 e. The molecule has 4 unspecified atom stereocenters. The van der Waals surface area contributed by atoms with Gasteiger partial charge in [0.1, 0.15) is 0 Å². The number of amides is 1. The highest BCUT2D eigenvalue weighted by Crippen LogP contribution is 2.41. The number of alkyl halides is 3. The highest BCUT2D eigenvalue weighted by Gasteiger charge is 2.48. The lowest BCUT2D eigenvalue weighted by Crippen LogP contribution is -2.50. The number of halogens is 3. The van der Waals surface area contributed by atoms with Crippen LogP contribution in [-0.2, 0) is 4.79 Å². The summed E-state index contributed by atoms with van der Waals surface area (Å²) in [6.07, 6.45) is 1.28. The van der Waals surface area contributed by atoms with Crippen LogP contribution in [0.2, 0.25) is 0 Å². The van der Waals surface area contributed by atoms with E-state index in [9.17, 15) is 18.0 Å². The highest BCUT2D eigenvalue weighted by molar-refractivity contribution is 5.79. The Labute approximate surface area is 123 Å². The van der Waals surface area contributed by atoms with Gasteiger partial charge in [0.2, 0.25) is 5.91 Å². The van der Waals surface area contributed by atoms with Gasteiger partial charge >= 0.3 is 6.18 Å². The van der Waals surface area contributed by atoms with E-state index in [1.807, 2.05) is 0 Å². The van der Waals surface area contributed by atoms with Gasteiger partial charge < -0.3 is 11.1 Å². The third-order valence-electron chi connectivity index (χ3n) is 5.06. The number of nitrogens with two attached hydrogens (primary N) is 1. The van der Waals surface area contributed by atoms with Gasteiger partial charge in [-0.3, -0.25) is 4.79 Å². The molecular weight excluding hydrogens is 281 g/mol. The summed E-state index contributed by atoms with van der Waals surface area (Å²) < 4.78 is 39.2. The van der Waals surface area contributed by atoms with Crippen molar-refractivity contribution < 1.29 is 18.0 Å². The molecule has 0 aliphatic heterocycles. The first-order chi connectivity index (χ1) is 9.93. The summed E-state index contributed by atoms with van der Waals surface area (Å²) in [5.74, 6) is -2.61. The van der Waals surface area contributed by atoms with E-state index in [2.05, 4.69) is 5.32 Å². The molecule has 2 aliphatic carbocycles. The van der Waals surface area contributed by atoms with Crippen molar-refractivity contribution in [2.45, 2.75) is 63.6 Å². The summed E-state index contributed by atoms with van der Waals surface area (Å²) in [4.78, 5) is 12.3. The lowest BCUT2D eigenvalue weighted by atomic mass is 9.77. The van der Waals surface area contributed by atoms with Crippen LogP contribution in [-0.4, -0.2) is 24.7 Å². The second-order valence-electron chi connectivity index (χ2n) is 6.43. The molecule has 0 spiro atoms. The first-order valence-corrected chi connectivity index (χ1v) is 8.00. The molecule has 0 saturated heterocycles. The molecule has 0 bridgehead atoms. The first-order valence-electron chi connectivity index (χ1n) is 8.00. The average molecular weight is 306 g/mol. The van der Waals surface area contributed by atoms with Crippen LogP contribution >= 0.6 is 0 Å². The molecule has 0 aromatic heterocycles. The van der Waals surface area contributed by atoms with Gasteiger partial charge in [0.05, 0.1) is 5.92 Å². The zero-order chi connectivity index (χ0) is 15.5. The SMILES string of the molecule is NCC1CCCCC1NC(=O)C1CCCCC1C(F)(F)F. The van der Waals surface area contributed by atoms with Crippen molar-refractivity contribution in [1.82, 2.24) is 5.32 Å². The van der Waals surface area contributed by atoms with E-state index in [1.165, 1.54) is 0 Å². The van der Waals surface area contributed by atoms with Crippen LogP contribution in [0.25, 0.3) is 0 Å². The average Bonchev–Trinajstić information content (AvgIpc) is 2.47. The Morgan fingerprint density at radius 2 is 1.67 bits per heavy atom. The molecule has 0 heterocycles. The third-order valence-corrected chi connectivity index (χ3v) is 5.06. The Hall–Kier alpha value is -0.780. The van der Waals surface area contributed by atoms with Crippen LogP contribution in [0.1, 0.15) is 51.4 Å². The topological polar surface area (TPSA) is 55.1 Å². The quantitative estimate of drug-likeness (QED) is 0.842. The van der Waals surface area contributed by atoms with Crippen molar-refractivity contribution in [3.05, 3.63) is 0 Å². The molecule has 6 heteroatoms. The van der Waals surface area contributed by atoms with Gasteiger partial charge in [-0.15, -0.1) is 0 Å². The van der Waals surface area contributed by atoms with E-state index in [-0.39, 0.29) is 18.4 Å². The molecule has 2 aliphatic rings. The molecular formula is C15H25F3N2O. The zero-order valence-electron chi connectivity index (χ0n) is 12.3. The number of nitrogens with one attached hydrogen (secondary N) is 1. The number of rotatable bonds is 3. The van der Waals surface area contributed by atoms with E-state index in [0.29, 0.717) is 25.8 Å². The zero-order valence-corrected chi connectivity index (χ0v) is 12.3. The highest BCUT2D eigenvalue weighted by atomic mass is 19.4. The maximum atomic E-state index is 13.1. The maximum absolute atomic E-state index is 13.1. The van der Waals surface area contributed by atoms with Crippen LogP contribution in [0.3, 0.4) is 0 Å². The second-order valence-corrected chi connectivity index (χ2v) is 6.43. The minimum atomic E-state index is -4.28. The fourth-order valence-corrected chi connectivity index (χ4v) is 3.81. The maximum Gasteiger partial charge on any atom is 0.392 e. The smallest absolute Gasteiger partial charge is 0.353 e. The van der Waals surface area contributed by atoms with E-state index < -0.39 is 23.9 Å². The lowest BCUT2D eigenvalue weighted by molar-refractivity contribution is -0.198. The van der Waals surface area contributed by atoms with E-state index in [1.54, 1.807) is 0 Å². The summed E-state index contributed by atoms with van der Waals surface area (Å²) in [7, 11) is 0. The van der Waals surface area contributed by atoms with Gasteiger partial charge in [0.15, 0.2) is 0 Å². The van der Waals surface area contributed by atoms with E-state index in [0.717, 1.165) is 25.7 Å². The van der Waals surface area contributed by atoms with E-state index >= 15 is 0 Å². The predicted molar refractivity (Wildman–Crippen MR) is 74.4 cm³/mol. The number of carbonyl (C=O) groups is 1. The molecule has 3 N–H and O–H groups in total. The molecule has 1 amide bonds. The van der Waals surface area contributed by atoms with Crippen LogP contribution in [0, 0.1) is 17.8 Å². The predicted octanol–water partition coefficient (Wildman–Crippen LogP) is 2.99. The van der Waals surface area contributed by atoms with Crippen LogP contribution in [0.15, 0.2) is 0 Å². The summed E-state index contributed by atoms with van der Waals surface area (Å²) >= 11 is 0. The van der Waals surface area contributed by atoms with Gasteiger partial charge in [-0.2, -0.15) is 13.2 Å². The Balaban J connectivity index is 2.00. The van der Waals surface area contributed by atoms with Crippen LogP contribution < -0.4 is 11.1 Å². The second kappa shape index (κ2) is 6.99. The molecule has 122 valence electrons. The Morgan fingerprint density at radius 1 is 1.05 bits per heavy atom. The molecule has 3 nitrogen and oxygen atoms in total. The third kappa shape index (κ3) is 4.11. The Kier molecular flexibility index (Phi) is 5.52. The van der Waals surface area contributed by atoms with Crippen molar-refractivity contribution in [3.63, 3.8) is 0 Å². The normalized spacial score (nSPS) is 34.5. The van der Waals surface area contributed by atoms with Crippen molar-refractivity contribution in [2.75, 3.05) is 6.54 Å². The summed E-state index contributed by atoms with van der Waals surface area (Å²) in [6.45, 7) is 0.484. The first kappa shape index (κ1) is 16.6. The fraction of sp³-hybridized carbons (Fsp3) is 0.933. The van der Waals surface area contributed by atoms with Gasteiger partial charge in [-0.05, 0) is 38.1 Å². The lowest BCUT2D eigenvalue weighted by Gasteiger charge is -2.36.